The lowest BCUT2D eigenvalue weighted by atomic mass is 10.1. The Morgan fingerprint density at radius 3 is 2.38 bits per heavy atom. The number of rotatable bonds is 5. The molecule has 8 heteroatoms. The summed E-state index contributed by atoms with van der Waals surface area (Å²) in [5, 5.41) is 1.57. The first kappa shape index (κ1) is 21.1. The Bertz CT molecular complexity index is 1170. The first-order valence-corrected chi connectivity index (χ1v) is 10.8. The lowest BCUT2D eigenvalue weighted by molar-refractivity contribution is -0.158. The highest BCUT2D eigenvalue weighted by molar-refractivity contribution is 7.89. The molecule has 2 aromatic carbocycles. The molecule has 29 heavy (non-hydrogen) atoms. The highest BCUT2D eigenvalue weighted by Crippen LogP contribution is 2.31. The molecule has 1 heterocycles. The number of nitrogen functional groups attached to an aromatic ring is 1. The van der Waals surface area contributed by atoms with E-state index >= 15 is 0 Å². The topological polar surface area (TPSA) is 112 Å². The number of nitrogens with two attached hydrogens (primary N) is 1. The normalized spacial score (nSPS) is 13.9. The third kappa shape index (κ3) is 4.54. The van der Waals surface area contributed by atoms with Crippen molar-refractivity contribution in [3.63, 3.8) is 0 Å². The maximum Gasteiger partial charge on any atom is 0.324 e. The summed E-state index contributed by atoms with van der Waals surface area (Å²) in [7, 11) is -3.98. The van der Waals surface area contributed by atoms with E-state index < -0.39 is 27.6 Å². The summed E-state index contributed by atoms with van der Waals surface area (Å²) in [5.41, 5.74) is 6.75. The molecule has 3 aromatic rings. The fourth-order valence-electron chi connectivity index (χ4n) is 3.00. The molecule has 0 aliphatic heterocycles. The third-order valence-corrected chi connectivity index (χ3v) is 5.83. The number of sulfonamides is 1. The molecular weight excluding hydrogens is 392 g/mol. The highest BCUT2D eigenvalue weighted by atomic mass is 32.2. The molecule has 7 nitrogen and oxygen atoms in total. The van der Waals surface area contributed by atoms with Crippen LogP contribution in [-0.2, 0) is 19.6 Å². The smallest absolute Gasteiger partial charge is 0.324 e. The Labute approximate surface area is 170 Å². The van der Waals surface area contributed by atoms with Crippen molar-refractivity contribution in [3.05, 3.63) is 36.4 Å². The Morgan fingerprint density at radius 2 is 1.76 bits per heavy atom. The quantitative estimate of drug-likeness (QED) is 0.481. The van der Waals surface area contributed by atoms with Gasteiger partial charge in [-0.2, -0.15) is 4.72 Å². The van der Waals surface area contributed by atoms with Crippen LogP contribution in [0, 0.1) is 5.92 Å². The summed E-state index contributed by atoms with van der Waals surface area (Å²) >= 11 is 0. The highest BCUT2D eigenvalue weighted by Gasteiger charge is 2.32. The number of carbonyl (C=O) groups is 1. The summed E-state index contributed by atoms with van der Waals surface area (Å²) in [6, 6.07) is 8.84. The van der Waals surface area contributed by atoms with Crippen LogP contribution in [0.1, 0.15) is 34.6 Å². The Hall–Kier alpha value is -2.58. The lowest BCUT2D eigenvalue weighted by Crippen LogP contribution is -2.47. The van der Waals surface area contributed by atoms with E-state index in [0.717, 1.165) is 10.8 Å². The SMILES string of the molecule is CC(C)[C@H](NS(=O)(=O)c1ccc2c(c1)oc1ccc(N)cc12)C(=O)OC(C)(C)C. The van der Waals surface area contributed by atoms with Crippen LogP contribution in [0.15, 0.2) is 45.7 Å². The number of ether oxygens (including phenoxy) is 1. The molecule has 0 amide bonds. The van der Waals surface area contributed by atoms with Crippen LogP contribution in [0.2, 0.25) is 0 Å². The van der Waals surface area contributed by atoms with Gasteiger partial charge in [0.15, 0.2) is 0 Å². The second-order valence-corrected chi connectivity index (χ2v) is 10.1. The summed E-state index contributed by atoms with van der Waals surface area (Å²) in [4.78, 5) is 12.5. The number of carbonyl (C=O) groups excluding carboxylic acids is 1. The number of nitrogens with one attached hydrogen (secondary N) is 1. The molecule has 0 saturated heterocycles. The van der Waals surface area contributed by atoms with Gasteiger partial charge >= 0.3 is 5.97 Å². The number of hydrogen-bond donors (Lipinski definition) is 2. The van der Waals surface area contributed by atoms with Crippen molar-refractivity contribution in [3.8, 4) is 0 Å². The van der Waals surface area contributed by atoms with Gasteiger partial charge in [0.1, 0.15) is 22.8 Å². The number of esters is 1. The van der Waals surface area contributed by atoms with E-state index in [1.165, 1.54) is 12.1 Å². The van der Waals surface area contributed by atoms with Crippen LogP contribution < -0.4 is 10.5 Å². The van der Waals surface area contributed by atoms with Crippen molar-refractivity contribution in [2.45, 2.75) is 51.2 Å². The molecule has 0 bridgehead atoms. The molecule has 3 N–H and O–H groups in total. The van der Waals surface area contributed by atoms with Gasteiger partial charge in [0, 0.05) is 22.5 Å². The van der Waals surface area contributed by atoms with Crippen molar-refractivity contribution in [1.29, 1.82) is 0 Å². The Kier molecular flexibility index (Phi) is 5.36. The monoisotopic (exact) mass is 418 g/mol. The van der Waals surface area contributed by atoms with Gasteiger partial charge in [0.05, 0.1) is 4.90 Å². The number of furan rings is 1. The van der Waals surface area contributed by atoms with Gasteiger partial charge in [0.2, 0.25) is 10.0 Å². The molecule has 3 rings (SSSR count). The van der Waals surface area contributed by atoms with Crippen molar-refractivity contribution < 1.29 is 22.4 Å². The molecule has 0 aliphatic rings. The zero-order valence-corrected chi connectivity index (χ0v) is 18.0. The van der Waals surface area contributed by atoms with Crippen LogP contribution in [0.5, 0.6) is 0 Å². The molecule has 1 atom stereocenters. The van der Waals surface area contributed by atoms with Gasteiger partial charge in [-0.15, -0.1) is 0 Å². The van der Waals surface area contributed by atoms with Crippen LogP contribution in [-0.4, -0.2) is 26.0 Å². The van der Waals surface area contributed by atoms with E-state index in [0.29, 0.717) is 16.9 Å². The molecule has 0 aliphatic carbocycles. The standard InChI is InChI=1S/C21H26N2O5S/c1-12(2)19(20(24)28-21(3,4)5)23-29(25,26)14-7-8-15-16-10-13(22)6-9-17(16)27-18(15)11-14/h6-12,19,23H,22H2,1-5H3/t19-/m0/s1. The zero-order valence-electron chi connectivity index (χ0n) is 17.1. The summed E-state index contributed by atoms with van der Waals surface area (Å²) < 4.78 is 39.5. The number of fused-ring (bicyclic) bond motifs is 3. The second kappa shape index (κ2) is 7.35. The van der Waals surface area contributed by atoms with Gasteiger partial charge in [0.25, 0.3) is 0 Å². The predicted octanol–water partition coefficient (Wildman–Crippen LogP) is 3.81. The fourth-order valence-corrected chi connectivity index (χ4v) is 4.35. The number of hydrogen-bond acceptors (Lipinski definition) is 6. The van der Waals surface area contributed by atoms with E-state index in [9.17, 15) is 13.2 Å². The molecule has 1 aromatic heterocycles. The Balaban J connectivity index is 1.96. The molecule has 0 spiro atoms. The average molecular weight is 419 g/mol. The summed E-state index contributed by atoms with van der Waals surface area (Å²) in [6.45, 7) is 8.71. The van der Waals surface area contributed by atoms with Crippen LogP contribution in [0.25, 0.3) is 21.9 Å². The molecule has 156 valence electrons. The maximum absolute atomic E-state index is 12.9. The second-order valence-electron chi connectivity index (χ2n) is 8.39. The number of benzene rings is 2. The lowest BCUT2D eigenvalue weighted by Gasteiger charge is -2.26. The predicted molar refractivity (Wildman–Crippen MR) is 113 cm³/mol. The first-order valence-electron chi connectivity index (χ1n) is 9.34. The molecule has 0 saturated carbocycles. The number of anilines is 1. The van der Waals surface area contributed by atoms with Gasteiger partial charge in [-0.1, -0.05) is 13.8 Å². The van der Waals surface area contributed by atoms with E-state index in [1.807, 2.05) is 0 Å². The fraction of sp³-hybridized carbons (Fsp3) is 0.381. The zero-order chi connectivity index (χ0) is 21.6. The molecule has 0 fully saturated rings. The summed E-state index contributed by atoms with van der Waals surface area (Å²) in [6.07, 6.45) is 0. The molecule has 0 radical (unpaired) electrons. The summed E-state index contributed by atoms with van der Waals surface area (Å²) in [5.74, 6) is -0.908. The molecular formula is C21H26N2O5S. The largest absolute Gasteiger partial charge is 0.459 e. The van der Waals surface area contributed by atoms with E-state index in [4.69, 9.17) is 14.9 Å². The molecule has 0 unspecified atom stereocenters. The Morgan fingerprint density at radius 1 is 1.07 bits per heavy atom. The first-order chi connectivity index (χ1) is 13.4. The van der Waals surface area contributed by atoms with Gasteiger partial charge in [-0.05, 0) is 57.0 Å². The van der Waals surface area contributed by atoms with Crippen LogP contribution >= 0.6 is 0 Å². The minimum atomic E-state index is -3.98. The van der Waals surface area contributed by atoms with Crippen LogP contribution in [0.3, 0.4) is 0 Å². The van der Waals surface area contributed by atoms with Crippen molar-refractivity contribution >= 4 is 43.6 Å². The van der Waals surface area contributed by atoms with Crippen molar-refractivity contribution in [2.24, 2.45) is 5.92 Å². The van der Waals surface area contributed by atoms with Crippen molar-refractivity contribution in [2.75, 3.05) is 5.73 Å². The van der Waals surface area contributed by atoms with Crippen molar-refractivity contribution in [1.82, 2.24) is 4.72 Å². The minimum Gasteiger partial charge on any atom is -0.459 e. The van der Waals surface area contributed by atoms with Gasteiger partial charge in [-0.3, -0.25) is 4.79 Å². The third-order valence-electron chi connectivity index (χ3n) is 4.39. The van der Waals surface area contributed by atoms with E-state index in [1.54, 1.807) is 58.9 Å². The minimum absolute atomic E-state index is 0.00577. The van der Waals surface area contributed by atoms with Crippen LogP contribution in [0.4, 0.5) is 5.69 Å². The van der Waals surface area contributed by atoms with Gasteiger partial charge < -0.3 is 14.9 Å². The maximum atomic E-state index is 12.9. The van der Waals surface area contributed by atoms with E-state index in [2.05, 4.69) is 4.72 Å². The average Bonchev–Trinajstić information content (AvgIpc) is 2.95. The van der Waals surface area contributed by atoms with E-state index in [-0.39, 0.29) is 10.8 Å². The van der Waals surface area contributed by atoms with Gasteiger partial charge in [-0.25, -0.2) is 8.42 Å².